The van der Waals surface area contributed by atoms with Crippen molar-refractivity contribution in [2.24, 2.45) is 0 Å². The van der Waals surface area contributed by atoms with Crippen LogP contribution in [0.4, 0.5) is 0 Å². The van der Waals surface area contributed by atoms with Gasteiger partial charge in [-0.15, -0.1) is 0 Å². The summed E-state index contributed by atoms with van der Waals surface area (Å²) in [5.74, 6) is -1.02. The van der Waals surface area contributed by atoms with Gasteiger partial charge in [0.25, 0.3) is 0 Å². The molecule has 1 atom stereocenters. The number of esters is 3. The van der Waals surface area contributed by atoms with Crippen LogP contribution in [-0.4, -0.2) is 37.2 Å². The quantitative estimate of drug-likeness (QED) is 0.0263. The minimum Gasteiger partial charge on any atom is -0.462 e. The van der Waals surface area contributed by atoms with Crippen LogP contribution in [-0.2, 0) is 28.6 Å². The number of hydrogen-bond donors (Lipinski definition) is 0. The Bertz CT molecular complexity index is 1310. The fourth-order valence-electron chi connectivity index (χ4n) is 6.33. The summed E-state index contributed by atoms with van der Waals surface area (Å²) in [6.45, 7) is 6.25. The first-order chi connectivity index (χ1) is 30.5. The summed E-state index contributed by atoms with van der Waals surface area (Å²) in [7, 11) is 0. The normalized spacial score (nSPS) is 13.0. The van der Waals surface area contributed by atoms with Crippen LogP contribution in [0.15, 0.2) is 109 Å². The van der Waals surface area contributed by atoms with E-state index in [-0.39, 0.29) is 31.6 Å². The third kappa shape index (κ3) is 47.1. The lowest BCUT2D eigenvalue weighted by Crippen LogP contribution is -2.30. The Hall–Kier alpha value is -3.93. The maximum atomic E-state index is 12.7. The van der Waals surface area contributed by atoms with Crippen molar-refractivity contribution in [3.8, 4) is 0 Å². The smallest absolute Gasteiger partial charge is 0.306 e. The SMILES string of the molecule is CC/C=C\C/C=C\C/C=C\C/C=C\CCCCCCCCCCC(=O)OCC(COC(=O)CCCCCCC/C=C\CCC)OC(=O)CC/C=C\C/C=C\C/C=C\C/C=C\CC. The van der Waals surface area contributed by atoms with Gasteiger partial charge in [0.15, 0.2) is 6.10 Å². The van der Waals surface area contributed by atoms with E-state index >= 15 is 0 Å². The Morgan fingerprint density at radius 2 is 0.661 bits per heavy atom. The molecule has 0 amide bonds. The molecular formula is C56H90O6. The molecule has 0 bridgehead atoms. The topological polar surface area (TPSA) is 78.9 Å². The van der Waals surface area contributed by atoms with Crippen LogP contribution in [0, 0.1) is 0 Å². The number of ether oxygens (including phenoxy) is 3. The second-order valence-electron chi connectivity index (χ2n) is 16.0. The molecule has 1 unspecified atom stereocenters. The van der Waals surface area contributed by atoms with Crippen LogP contribution in [0.25, 0.3) is 0 Å². The van der Waals surface area contributed by atoms with Gasteiger partial charge in [0, 0.05) is 19.3 Å². The standard InChI is InChI=1S/C56H90O6/c1-4-7-10-13-16-19-22-24-25-26-27-28-29-30-31-33-34-37-40-43-46-49-55(58)61-52-53(51-60-54(57)48-45-42-39-36-21-18-15-12-9-6-3)62-56(59)50-47-44-41-38-35-32-23-20-17-14-11-8-5-2/h7-8,10-12,15-17,19-20,24-25,27-28,32,35,41,44,53H,4-6,9,13-14,18,21-23,26,29-31,33-34,36-40,42-43,45-52H2,1-3H3/b10-7-,11-8-,15-12-,19-16-,20-17-,25-24-,28-27-,35-32-,44-41-. The van der Waals surface area contributed by atoms with Crippen molar-refractivity contribution in [2.45, 2.75) is 213 Å². The molecule has 0 aliphatic rings. The molecular weight excluding hydrogens is 769 g/mol. The third-order valence-electron chi connectivity index (χ3n) is 9.99. The maximum Gasteiger partial charge on any atom is 0.306 e. The molecule has 0 aromatic heterocycles. The summed E-state index contributed by atoms with van der Waals surface area (Å²) in [6, 6.07) is 0. The van der Waals surface area contributed by atoms with Crippen LogP contribution >= 0.6 is 0 Å². The molecule has 0 saturated heterocycles. The fraction of sp³-hybridized carbons (Fsp3) is 0.625. The Morgan fingerprint density at radius 1 is 0.339 bits per heavy atom. The van der Waals surface area contributed by atoms with Gasteiger partial charge in [-0.2, -0.15) is 0 Å². The summed E-state index contributed by atoms with van der Waals surface area (Å²) < 4.78 is 16.7. The van der Waals surface area contributed by atoms with E-state index in [2.05, 4.69) is 118 Å². The summed E-state index contributed by atoms with van der Waals surface area (Å²) in [5.41, 5.74) is 0. The van der Waals surface area contributed by atoms with Gasteiger partial charge in [0.2, 0.25) is 0 Å². The maximum absolute atomic E-state index is 12.7. The van der Waals surface area contributed by atoms with Crippen molar-refractivity contribution in [1.29, 1.82) is 0 Å². The second kappa shape index (κ2) is 49.7. The van der Waals surface area contributed by atoms with E-state index < -0.39 is 12.1 Å². The highest BCUT2D eigenvalue weighted by Gasteiger charge is 2.19. The minimum atomic E-state index is -0.823. The van der Waals surface area contributed by atoms with Gasteiger partial charge in [0.05, 0.1) is 0 Å². The molecule has 0 aliphatic carbocycles. The van der Waals surface area contributed by atoms with E-state index in [4.69, 9.17) is 14.2 Å². The zero-order valence-corrected chi connectivity index (χ0v) is 39.8. The van der Waals surface area contributed by atoms with Crippen LogP contribution in [0.3, 0.4) is 0 Å². The largest absolute Gasteiger partial charge is 0.462 e. The lowest BCUT2D eigenvalue weighted by molar-refractivity contribution is -0.166. The first kappa shape index (κ1) is 58.1. The molecule has 0 radical (unpaired) electrons. The van der Waals surface area contributed by atoms with Crippen molar-refractivity contribution in [3.63, 3.8) is 0 Å². The van der Waals surface area contributed by atoms with Crippen molar-refractivity contribution >= 4 is 17.9 Å². The van der Waals surface area contributed by atoms with Crippen molar-refractivity contribution in [2.75, 3.05) is 13.2 Å². The van der Waals surface area contributed by atoms with Gasteiger partial charge in [-0.05, 0) is 103 Å². The van der Waals surface area contributed by atoms with Gasteiger partial charge in [-0.1, -0.05) is 194 Å². The molecule has 6 nitrogen and oxygen atoms in total. The Morgan fingerprint density at radius 3 is 1.06 bits per heavy atom. The van der Waals surface area contributed by atoms with E-state index in [9.17, 15) is 14.4 Å². The van der Waals surface area contributed by atoms with Crippen molar-refractivity contribution in [1.82, 2.24) is 0 Å². The van der Waals surface area contributed by atoms with E-state index in [0.29, 0.717) is 19.3 Å². The van der Waals surface area contributed by atoms with Gasteiger partial charge in [0.1, 0.15) is 13.2 Å². The van der Waals surface area contributed by atoms with Crippen molar-refractivity contribution < 1.29 is 28.6 Å². The van der Waals surface area contributed by atoms with Gasteiger partial charge in [-0.25, -0.2) is 0 Å². The molecule has 0 rings (SSSR count). The minimum absolute atomic E-state index is 0.116. The number of allylic oxidation sites excluding steroid dienone is 18. The first-order valence-electron chi connectivity index (χ1n) is 24.9. The zero-order chi connectivity index (χ0) is 45.1. The lowest BCUT2D eigenvalue weighted by atomic mass is 10.1. The van der Waals surface area contributed by atoms with Gasteiger partial charge >= 0.3 is 17.9 Å². The molecule has 0 fully saturated rings. The number of hydrogen-bond acceptors (Lipinski definition) is 6. The highest BCUT2D eigenvalue weighted by Crippen LogP contribution is 2.13. The van der Waals surface area contributed by atoms with E-state index in [0.717, 1.165) is 116 Å². The molecule has 0 spiro atoms. The van der Waals surface area contributed by atoms with Crippen molar-refractivity contribution in [3.05, 3.63) is 109 Å². The molecule has 6 heteroatoms. The number of rotatable bonds is 43. The van der Waals surface area contributed by atoms with Gasteiger partial charge in [-0.3, -0.25) is 14.4 Å². The molecule has 350 valence electrons. The predicted molar refractivity (Wildman–Crippen MR) is 265 cm³/mol. The molecule has 62 heavy (non-hydrogen) atoms. The predicted octanol–water partition coefficient (Wildman–Crippen LogP) is 16.4. The highest BCUT2D eigenvalue weighted by atomic mass is 16.6. The van der Waals surface area contributed by atoms with Gasteiger partial charge < -0.3 is 14.2 Å². The monoisotopic (exact) mass is 859 g/mol. The molecule has 0 aromatic rings. The van der Waals surface area contributed by atoms with E-state index in [1.807, 2.05) is 12.2 Å². The average Bonchev–Trinajstić information content (AvgIpc) is 3.27. The Balaban J connectivity index is 4.41. The van der Waals surface area contributed by atoms with Crippen LogP contribution < -0.4 is 0 Å². The summed E-state index contributed by atoms with van der Waals surface area (Å²) in [4.78, 5) is 37.8. The van der Waals surface area contributed by atoms with Crippen LogP contribution in [0.1, 0.15) is 207 Å². The summed E-state index contributed by atoms with van der Waals surface area (Å²) >= 11 is 0. The molecule has 0 heterocycles. The highest BCUT2D eigenvalue weighted by molar-refractivity contribution is 5.71. The van der Waals surface area contributed by atoms with E-state index in [1.165, 1.54) is 44.9 Å². The zero-order valence-electron chi connectivity index (χ0n) is 39.8. The number of carbonyl (C=O) groups excluding carboxylic acids is 3. The first-order valence-corrected chi connectivity index (χ1v) is 24.9. The molecule has 0 aliphatic heterocycles. The van der Waals surface area contributed by atoms with Crippen LogP contribution in [0.2, 0.25) is 0 Å². The second-order valence-corrected chi connectivity index (χ2v) is 16.0. The molecule has 0 N–H and O–H groups in total. The molecule has 0 saturated carbocycles. The average molecular weight is 859 g/mol. The summed E-state index contributed by atoms with van der Waals surface area (Å²) in [6.07, 6.45) is 66.6. The van der Waals surface area contributed by atoms with Crippen LogP contribution in [0.5, 0.6) is 0 Å². The number of carbonyl (C=O) groups is 3. The fourth-order valence-corrected chi connectivity index (χ4v) is 6.33. The number of unbranched alkanes of at least 4 members (excludes halogenated alkanes) is 14. The summed E-state index contributed by atoms with van der Waals surface area (Å²) in [5, 5.41) is 0. The van der Waals surface area contributed by atoms with E-state index in [1.54, 1.807) is 0 Å². The Labute approximate surface area is 380 Å². The third-order valence-corrected chi connectivity index (χ3v) is 9.99. The lowest BCUT2D eigenvalue weighted by Gasteiger charge is -2.18. The molecule has 0 aromatic carbocycles. The Kier molecular flexibility index (Phi) is 46.6.